The van der Waals surface area contributed by atoms with Crippen LogP contribution in [-0.4, -0.2) is 89.0 Å². The lowest BCUT2D eigenvalue weighted by molar-refractivity contribution is -0.883. The molecule has 0 aliphatic heterocycles. The van der Waals surface area contributed by atoms with Crippen molar-refractivity contribution < 1.29 is 52.8 Å². The molecule has 0 radical (unpaired) electrons. The lowest BCUT2D eigenvalue weighted by Crippen LogP contribution is -3.00. The second-order valence-electron chi connectivity index (χ2n) is 12.3. The standard InChI is InChI=1S/C30H62N2O4.2ClH/c1-7-8-9-10-11-12-13-14-15-16-17-18-19-20-21-22-23-29(33)35-27-25-32(5,6)28-30(34)36-26-24-31(2,3)4;;/h7-28H2,1-6H3;2*1H/q+2;;/p-2. The number of likely N-dealkylation sites (N-methyl/N-ethyl adjacent to an activating group) is 2. The summed E-state index contributed by atoms with van der Waals surface area (Å²) in [5, 5.41) is 0. The Morgan fingerprint density at radius 2 is 0.895 bits per heavy atom. The normalized spacial score (nSPS) is 11.4. The summed E-state index contributed by atoms with van der Waals surface area (Å²) in [6.45, 7) is 4.73. The molecule has 0 aromatic carbocycles. The number of hydrogen-bond donors (Lipinski definition) is 0. The van der Waals surface area contributed by atoms with Gasteiger partial charge in [-0.2, -0.15) is 0 Å². The largest absolute Gasteiger partial charge is 1.00 e. The van der Waals surface area contributed by atoms with Gasteiger partial charge in [-0.15, -0.1) is 0 Å². The molecule has 0 aromatic heterocycles. The van der Waals surface area contributed by atoms with Crippen LogP contribution in [0.5, 0.6) is 0 Å². The van der Waals surface area contributed by atoms with Gasteiger partial charge < -0.3 is 43.3 Å². The van der Waals surface area contributed by atoms with Gasteiger partial charge in [0, 0.05) is 6.42 Å². The van der Waals surface area contributed by atoms with Crippen molar-refractivity contribution in [3.05, 3.63) is 0 Å². The van der Waals surface area contributed by atoms with Gasteiger partial charge in [0.15, 0.2) is 6.54 Å². The maximum atomic E-state index is 12.1. The van der Waals surface area contributed by atoms with Crippen LogP contribution < -0.4 is 24.8 Å². The molecule has 0 rings (SSSR count). The number of esters is 2. The highest BCUT2D eigenvalue weighted by Gasteiger charge is 2.22. The molecular weight excluding hydrogens is 523 g/mol. The Bertz CT molecular complexity index is 555. The van der Waals surface area contributed by atoms with Gasteiger partial charge in [-0.1, -0.05) is 103 Å². The summed E-state index contributed by atoms with van der Waals surface area (Å²) in [6, 6.07) is 0. The van der Waals surface area contributed by atoms with Crippen LogP contribution in [0.4, 0.5) is 0 Å². The Hall–Kier alpha value is -0.560. The first kappa shape index (κ1) is 41.9. The predicted molar refractivity (Wildman–Crippen MR) is 151 cm³/mol. The van der Waals surface area contributed by atoms with Crippen molar-refractivity contribution in [2.24, 2.45) is 0 Å². The Morgan fingerprint density at radius 3 is 1.32 bits per heavy atom. The maximum Gasteiger partial charge on any atom is 0.361 e. The summed E-state index contributed by atoms with van der Waals surface area (Å²) in [6.07, 6.45) is 21.7. The van der Waals surface area contributed by atoms with E-state index >= 15 is 0 Å². The van der Waals surface area contributed by atoms with Gasteiger partial charge in [0.2, 0.25) is 0 Å². The summed E-state index contributed by atoms with van der Waals surface area (Å²) >= 11 is 0. The molecule has 0 saturated carbocycles. The van der Waals surface area contributed by atoms with E-state index in [-0.39, 0.29) is 43.3 Å². The average molecular weight is 586 g/mol. The van der Waals surface area contributed by atoms with Crippen molar-refractivity contribution in [1.82, 2.24) is 0 Å². The van der Waals surface area contributed by atoms with Gasteiger partial charge in [-0.05, 0) is 6.42 Å². The van der Waals surface area contributed by atoms with Crippen molar-refractivity contribution >= 4 is 11.9 Å². The van der Waals surface area contributed by atoms with E-state index in [1.165, 1.54) is 89.9 Å². The van der Waals surface area contributed by atoms with Crippen molar-refractivity contribution in [1.29, 1.82) is 0 Å². The third-order valence-corrected chi connectivity index (χ3v) is 6.78. The highest BCUT2D eigenvalue weighted by molar-refractivity contribution is 5.70. The molecule has 0 spiro atoms. The fourth-order valence-corrected chi connectivity index (χ4v) is 4.20. The molecule has 0 unspecified atom stereocenters. The van der Waals surface area contributed by atoms with Crippen molar-refractivity contribution in [2.45, 2.75) is 116 Å². The van der Waals surface area contributed by atoms with Gasteiger partial charge in [0.25, 0.3) is 0 Å². The van der Waals surface area contributed by atoms with Gasteiger partial charge in [-0.3, -0.25) is 4.79 Å². The van der Waals surface area contributed by atoms with Crippen LogP contribution in [-0.2, 0) is 19.1 Å². The number of quaternary nitrogens is 2. The zero-order chi connectivity index (χ0) is 27.1. The number of rotatable bonds is 25. The van der Waals surface area contributed by atoms with Gasteiger partial charge in [0.05, 0.1) is 35.2 Å². The number of nitrogens with zero attached hydrogens (tertiary/aromatic N) is 2. The highest BCUT2D eigenvalue weighted by Crippen LogP contribution is 2.14. The fourth-order valence-electron chi connectivity index (χ4n) is 4.20. The Labute approximate surface area is 248 Å². The second-order valence-corrected chi connectivity index (χ2v) is 12.3. The van der Waals surface area contributed by atoms with Gasteiger partial charge in [-0.25, -0.2) is 4.79 Å². The third kappa shape index (κ3) is 31.7. The smallest absolute Gasteiger partial charge is 0.361 e. The van der Waals surface area contributed by atoms with Crippen LogP contribution in [0.1, 0.15) is 116 Å². The topological polar surface area (TPSA) is 52.6 Å². The molecule has 38 heavy (non-hydrogen) atoms. The van der Waals surface area contributed by atoms with E-state index in [0.29, 0.717) is 30.7 Å². The van der Waals surface area contributed by atoms with E-state index in [9.17, 15) is 9.59 Å². The predicted octanol–water partition coefficient (Wildman–Crippen LogP) is 0.515. The summed E-state index contributed by atoms with van der Waals surface area (Å²) in [5.74, 6) is -0.321. The zero-order valence-electron chi connectivity index (χ0n) is 25.8. The molecule has 0 aliphatic carbocycles. The number of halogens is 2. The minimum atomic E-state index is -0.201. The van der Waals surface area contributed by atoms with Crippen molar-refractivity contribution in [3.63, 3.8) is 0 Å². The second kappa shape index (κ2) is 26.7. The van der Waals surface area contributed by atoms with E-state index in [0.717, 1.165) is 23.9 Å². The summed E-state index contributed by atoms with van der Waals surface area (Å²) in [5.41, 5.74) is 0. The van der Waals surface area contributed by atoms with E-state index in [4.69, 9.17) is 9.47 Å². The lowest BCUT2D eigenvalue weighted by atomic mass is 10.0. The molecule has 8 heteroatoms. The lowest BCUT2D eigenvalue weighted by Gasteiger charge is -2.28. The molecule has 0 aliphatic rings. The van der Waals surface area contributed by atoms with Crippen LogP contribution in [0.25, 0.3) is 0 Å². The van der Waals surface area contributed by atoms with Crippen LogP contribution in [0, 0.1) is 0 Å². The number of hydrogen-bond acceptors (Lipinski definition) is 4. The van der Waals surface area contributed by atoms with Gasteiger partial charge in [0.1, 0.15) is 26.3 Å². The Kier molecular flexibility index (Phi) is 29.4. The molecule has 0 aromatic rings. The van der Waals surface area contributed by atoms with Crippen LogP contribution in [0.3, 0.4) is 0 Å². The first-order valence-electron chi connectivity index (χ1n) is 15.0. The first-order chi connectivity index (χ1) is 17.1. The minimum Gasteiger partial charge on any atom is -1.00 e. The molecule has 0 bridgehead atoms. The summed E-state index contributed by atoms with van der Waals surface area (Å²) < 4.78 is 12.0. The Morgan fingerprint density at radius 1 is 0.526 bits per heavy atom. The van der Waals surface area contributed by atoms with Gasteiger partial charge >= 0.3 is 11.9 Å². The first-order valence-corrected chi connectivity index (χ1v) is 15.0. The number of carbonyl (C=O) groups is 2. The van der Waals surface area contributed by atoms with Crippen LogP contribution >= 0.6 is 0 Å². The number of unbranched alkanes of at least 4 members (excludes halogenated alkanes) is 15. The summed E-state index contributed by atoms with van der Waals surface area (Å²) in [7, 11) is 10.1. The van der Waals surface area contributed by atoms with E-state index in [1.807, 2.05) is 14.1 Å². The minimum absolute atomic E-state index is 0. The number of ether oxygens (including phenoxy) is 2. The van der Waals surface area contributed by atoms with Crippen molar-refractivity contribution in [3.8, 4) is 0 Å². The van der Waals surface area contributed by atoms with Crippen molar-refractivity contribution in [2.75, 3.05) is 68.1 Å². The highest BCUT2D eigenvalue weighted by atomic mass is 35.5. The molecule has 0 saturated heterocycles. The molecule has 0 atom stereocenters. The maximum absolute atomic E-state index is 12.1. The van der Waals surface area contributed by atoms with Crippen LogP contribution in [0.2, 0.25) is 0 Å². The molecule has 0 amide bonds. The summed E-state index contributed by atoms with van der Waals surface area (Å²) in [4.78, 5) is 24.1. The average Bonchev–Trinajstić information content (AvgIpc) is 2.77. The van der Waals surface area contributed by atoms with E-state index < -0.39 is 0 Å². The molecule has 0 heterocycles. The molecule has 6 nitrogen and oxygen atoms in total. The number of carbonyl (C=O) groups excluding carboxylic acids is 2. The third-order valence-electron chi connectivity index (χ3n) is 6.78. The quantitative estimate of drug-likeness (QED) is 0.0891. The molecule has 0 fully saturated rings. The van der Waals surface area contributed by atoms with Crippen LogP contribution in [0.15, 0.2) is 0 Å². The Balaban J connectivity index is -0.00000612. The molecule has 230 valence electrons. The zero-order valence-corrected chi connectivity index (χ0v) is 27.4. The monoisotopic (exact) mass is 584 g/mol. The van der Waals surface area contributed by atoms with E-state index in [1.54, 1.807) is 0 Å². The SMILES string of the molecule is CCCCCCCCCCCCCCCCCCC(=O)OCC[N+](C)(C)CC(=O)OCC[N+](C)(C)C.[Cl-].[Cl-]. The fraction of sp³-hybridized carbons (Fsp3) is 0.933. The molecular formula is C30H62Cl2N2O4. The van der Waals surface area contributed by atoms with E-state index in [2.05, 4.69) is 28.1 Å². The molecule has 0 N–H and O–H groups in total.